The predicted octanol–water partition coefficient (Wildman–Crippen LogP) is 2.55. The molecule has 0 heterocycles. The van der Waals surface area contributed by atoms with Crippen LogP contribution in [0.1, 0.15) is 52.4 Å². The molecule has 0 spiro atoms. The van der Waals surface area contributed by atoms with Crippen molar-refractivity contribution in [3.8, 4) is 11.8 Å². The number of hydrogen-bond donors (Lipinski definition) is 1. The maximum Gasteiger partial charge on any atom is 0.126 e. The van der Waals surface area contributed by atoms with Crippen LogP contribution in [0.15, 0.2) is 0 Å². The predicted molar refractivity (Wildman–Crippen MR) is 62.4 cm³/mol. The zero-order valence-electron chi connectivity index (χ0n) is 9.83. The Balaban J connectivity index is 3.85. The minimum Gasteiger partial charge on any atom is -0.380 e. The molecule has 0 fully saturated rings. The summed E-state index contributed by atoms with van der Waals surface area (Å²) in [5, 5.41) is 9.59. The van der Waals surface area contributed by atoms with E-state index in [1.165, 1.54) is 12.8 Å². The quantitative estimate of drug-likeness (QED) is 0.398. The zero-order chi connectivity index (χ0) is 11.5. The van der Waals surface area contributed by atoms with Crippen LogP contribution in [0.5, 0.6) is 0 Å². The molecular formula is C13H22O2. The van der Waals surface area contributed by atoms with Crippen molar-refractivity contribution in [2.24, 2.45) is 5.92 Å². The van der Waals surface area contributed by atoms with Crippen LogP contribution in [0.25, 0.3) is 0 Å². The smallest absolute Gasteiger partial charge is 0.126 e. The van der Waals surface area contributed by atoms with Gasteiger partial charge in [-0.1, -0.05) is 39.0 Å². The van der Waals surface area contributed by atoms with Crippen LogP contribution >= 0.6 is 0 Å². The highest BCUT2D eigenvalue weighted by molar-refractivity contribution is 5.55. The van der Waals surface area contributed by atoms with Crippen molar-refractivity contribution in [2.75, 3.05) is 0 Å². The van der Waals surface area contributed by atoms with Gasteiger partial charge in [0.15, 0.2) is 0 Å². The number of aldehydes is 1. The minimum absolute atomic E-state index is 0.311. The Kier molecular flexibility index (Phi) is 9.21. The van der Waals surface area contributed by atoms with Gasteiger partial charge in [-0.05, 0) is 12.8 Å². The molecule has 86 valence electrons. The zero-order valence-corrected chi connectivity index (χ0v) is 9.83. The van der Waals surface area contributed by atoms with Gasteiger partial charge < -0.3 is 9.90 Å². The minimum atomic E-state index is -0.774. The molecule has 0 aromatic rings. The number of carbonyl (C=O) groups is 1. The van der Waals surface area contributed by atoms with Crippen LogP contribution < -0.4 is 0 Å². The first-order valence-electron chi connectivity index (χ1n) is 5.88. The van der Waals surface area contributed by atoms with Crippen molar-refractivity contribution < 1.29 is 9.90 Å². The Bertz CT molecular complexity index is 212. The molecule has 0 aromatic heterocycles. The third-order valence-electron chi connectivity index (χ3n) is 2.36. The number of carbonyl (C=O) groups excluding carboxylic acids is 1. The molecule has 0 aliphatic carbocycles. The molecule has 0 radical (unpaired) electrons. The van der Waals surface area contributed by atoms with Crippen molar-refractivity contribution in [1.29, 1.82) is 0 Å². The maximum atomic E-state index is 10.6. The monoisotopic (exact) mass is 210 g/mol. The molecule has 0 saturated heterocycles. The van der Waals surface area contributed by atoms with E-state index in [4.69, 9.17) is 0 Å². The van der Waals surface area contributed by atoms with Gasteiger partial charge in [-0.15, -0.1) is 5.92 Å². The summed E-state index contributed by atoms with van der Waals surface area (Å²) >= 11 is 0. The molecule has 0 amide bonds. The van der Waals surface area contributed by atoms with E-state index in [0.717, 1.165) is 25.5 Å². The first kappa shape index (κ1) is 14.2. The molecule has 0 bridgehead atoms. The Morgan fingerprint density at radius 1 is 1.27 bits per heavy atom. The second-order valence-electron chi connectivity index (χ2n) is 3.81. The lowest BCUT2D eigenvalue weighted by Crippen LogP contribution is -2.19. The molecule has 1 N–H and O–H groups in total. The molecule has 0 rings (SSSR count). The van der Waals surface area contributed by atoms with Gasteiger partial charge in [-0.3, -0.25) is 0 Å². The van der Waals surface area contributed by atoms with E-state index in [1.54, 1.807) is 0 Å². The number of aliphatic hydroxyl groups excluding tert-OH is 1. The molecule has 2 nitrogen and oxygen atoms in total. The number of hydrogen-bond acceptors (Lipinski definition) is 2. The summed E-state index contributed by atoms with van der Waals surface area (Å²) in [5.74, 6) is 5.37. The standard InChI is InChI=1S/C13H22O2/c1-3-5-6-7-8-10-13(15)12(11-14)9-4-2/h11-13,15H,3-7,9H2,1-2H3. The first-order valence-corrected chi connectivity index (χ1v) is 5.88. The topological polar surface area (TPSA) is 37.3 Å². The van der Waals surface area contributed by atoms with Crippen LogP contribution in [-0.4, -0.2) is 17.5 Å². The second-order valence-corrected chi connectivity index (χ2v) is 3.81. The first-order chi connectivity index (χ1) is 7.26. The van der Waals surface area contributed by atoms with E-state index in [0.29, 0.717) is 6.42 Å². The van der Waals surface area contributed by atoms with Crippen LogP contribution in [0.2, 0.25) is 0 Å². The Morgan fingerprint density at radius 3 is 2.53 bits per heavy atom. The van der Waals surface area contributed by atoms with E-state index >= 15 is 0 Å². The van der Waals surface area contributed by atoms with E-state index in [9.17, 15) is 9.90 Å². The highest BCUT2D eigenvalue weighted by Gasteiger charge is 2.14. The molecule has 2 atom stereocenters. The molecule has 2 heteroatoms. The van der Waals surface area contributed by atoms with Gasteiger partial charge >= 0.3 is 0 Å². The normalized spacial score (nSPS) is 13.8. The Labute approximate surface area is 93.1 Å². The summed E-state index contributed by atoms with van der Waals surface area (Å²) in [5.41, 5.74) is 0. The van der Waals surface area contributed by atoms with Gasteiger partial charge in [0.2, 0.25) is 0 Å². The third-order valence-corrected chi connectivity index (χ3v) is 2.36. The summed E-state index contributed by atoms with van der Waals surface area (Å²) in [7, 11) is 0. The largest absolute Gasteiger partial charge is 0.380 e. The van der Waals surface area contributed by atoms with Crippen molar-refractivity contribution >= 4 is 6.29 Å². The van der Waals surface area contributed by atoms with Crippen molar-refractivity contribution in [1.82, 2.24) is 0 Å². The molecule has 15 heavy (non-hydrogen) atoms. The van der Waals surface area contributed by atoms with Crippen LogP contribution in [0.4, 0.5) is 0 Å². The average Bonchev–Trinajstić information content (AvgIpc) is 2.25. The second kappa shape index (κ2) is 9.73. The van der Waals surface area contributed by atoms with Crippen LogP contribution in [0, 0.1) is 17.8 Å². The fraction of sp³-hybridized carbons (Fsp3) is 0.769. The van der Waals surface area contributed by atoms with E-state index < -0.39 is 6.10 Å². The third kappa shape index (κ3) is 7.16. The van der Waals surface area contributed by atoms with Crippen LogP contribution in [0.3, 0.4) is 0 Å². The van der Waals surface area contributed by atoms with Gasteiger partial charge in [0, 0.05) is 6.42 Å². The fourth-order valence-electron chi connectivity index (χ4n) is 1.38. The van der Waals surface area contributed by atoms with Gasteiger partial charge in [0.1, 0.15) is 12.4 Å². The number of rotatable bonds is 7. The average molecular weight is 210 g/mol. The van der Waals surface area contributed by atoms with E-state index in [-0.39, 0.29) is 5.92 Å². The molecule has 0 aromatic carbocycles. The van der Waals surface area contributed by atoms with Crippen molar-refractivity contribution in [2.45, 2.75) is 58.5 Å². The molecular weight excluding hydrogens is 188 g/mol. The molecule has 0 aliphatic heterocycles. The summed E-state index contributed by atoms with van der Waals surface area (Å²) in [6.45, 7) is 4.14. The molecule has 0 saturated carbocycles. The van der Waals surface area contributed by atoms with Crippen molar-refractivity contribution in [3.63, 3.8) is 0 Å². The van der Waals surface area contributed by atoms with Gasteiger partial charge in [0.05, 0.1) is 5.92 Å². The highest BCUT2D eigenvalue weighted by atomic mass is 16.3. The fourth-order valence-corrected chi connectivity index (χ4v) is 1.38. The molecule has 2 unspecified atom stereocenters. The summed E-state index contributed by atoms with van der Waals surface area (Å²) in [6.07, 6.45) is 5.91. The van der Waals surface area contributed by atoms with Crippen molar-refractivity contribution in [3.05, 3.63) is 0 Å². The van der Waals surface area contributed by atoms with Gasteiger partial charge in [-0.25, -0.2) is 0 Å². The number of unbranched alkanes of at least 4 members (excludes halogenated alkanes) is 3. The van der Waals surface area contributed by atoms with E-state index in [1.807, 2.05) is 6.92 Å². The lowest BCUT2D eigenvalue weighted by molar-refractivity contribution is -0.113. The van der Waals surface area contributed by atoms with Gasteiger partial charge in [0.25, 0.3) is 0 Å². The lowest BCUT2D eigenvalue weighted by Gasteiger charge is -2.10. The maximum absolute atomic E-state index is 10.6. The van der Waals surface area contributed by atoms with E-state index in [2.05, 4.69) is 18.8 Å². The lowest BCUT2D eigenvalue weighted by atomic mass is 9.99. The highest BCUT2D eigenvalue weighted by Crippen LogP contribution is 2.08. The SMILES string of the molecule is CCCCCC#CC(O)C(C=O)CCC. The Hall–Kier alpha value is -0.810. The Morgan fingerprint density at radius 2 is 2.00 bits per heavy atom. The summed E-state index contributed by atoms with van der Waals surface area (Å²) in [6, 6.07) is 0. The summed E-state index contributed by atoms with van der Waals surface area (Å²) < 4.78 is 0. The molecule has 0 aliphatic rings. The summed E-state index contributed by atoms with van der Waals surface area (Å²) in [4.78, 5) is 10.6. The van der Waals surface area contributed by atoms with Gasteiger partial charge in [-0.2, -0.15) is 0 Å². The number of aliphatic hydroxyl groups is 1. The van der Waals surface area contributed by atoms with Crippen LogP contribution in [-0.2, 0) is 4.79 Å².